The highest BCUT2D eigenvalue weighted by Crippen LogP contribution is 2.37. The number of hydrogen-bond donors (Lipinski definition) is 1. The molecule has 1 N–H and O–H groups in total. The summed E-state index contributed by atoms with van der Waals surface area (Å²) < 4.78 is 10.5. The van der Waals surface area contributed by atoms with Gasteiger partial charge in [0.2, 0.25) is 5.75 Å². The normalized spacial score (nSPS) is 16.7. The average molecular weight is 322 g/mol. The van der Waals surface area contributed by atoms with Crippen LogP contribution in [0.1, 0.15) is 32.3 Å². The summed E-state index contributed by atoms with van der Waals surface area (Å²) in [6.45, 7) is 9.79. The van der Waals surface area contributed by atoms with Crippen LogP contribution in [0.4, 0.5) is 0 Å². The Kier molecular flexibility index (Phi) is 6.54. The van der Waals surface area contributed by atoms with Crippen LogP contribution in [0, 0.1) is 0 Å². The van der Waals surface area contributed by atoms with E-state index in [1.807, 2.05) is 12.1 Å². The summed E-state index contributed by atoms with van der Waals surface area (Å²) >= 11 is 0. The molecule has 1 aromatic rings. The molecule has 1 heterocycles. The number of phenolic OH excluding ortho intramolecular Hbond substituents is 1. The van der Waals surface area contributed by atoms with E-state index in [4.69, 9.17) is 9.47 Å². The summed E-state index contributed by atoms with van der Waals surface area (Å²) in [5.41, 5.74) is 1.10. The van der Waals surface area contributed by atoms with Crippen molar-refractivity contribution in [1.29, 1.82) is 0 Å². The average Bonchev–Trinajstić information content (AvgIpc) is 2.58. The molecule has 1 fully saturated rings. The molecule has 0 amide bonds. The summed E-state index contributed by atoms with van der Waals surface area (Å²) in [7, 11) is 3.12. The first-order valence-corrected chi connectivity index (χ1v) is 8.53. The number of ether oxygens (including phenoxy) is 2. The maximum atomic E-state index is 10.00. The summed E-state index contributed by atoms with van der Waals surface area (Å²) in [6, 6.07) is 4.50. The van der Waals surface area contributed by atoms with Gasteiger partial charge in [-0.15, -0.1) is 0 Å². The second-order valence-electron chi connectivity index (χ2n) is 6.13. The molecule has 5 nitrogen and oxygen atoms in total. The van der Waals surface area contributed by atoms with Gasteiger partial charge in [0, 0.05) is 38.8 Å². The highest BCUT2D eigenvalue weighted by molar-refractivity contribution is 5.52. The molecule has 0 aromatic heterocycles. The molecule has 1 saturated heterocycles. The van der Waals surface area contributed by atoms with Crippen LogP contribution in [-0.2, 0) is 6.54 Å². The van der Waals surface area contributed by atoms with Crippen molar-refractivity contribution >= 4 is 0 Å². The van der Waals surface area contributed by atoms with E-state index in [0.717, 1.165) is 38.3 Å². The molecule has 1 aromatic carbocycles. The number of nitrogens with zero attached hydrogens (tertiary/aromatic N) is 2. The minimum Gasteiger partial charge on any atom is -0.502 e. The van der Waals surface area contributed by atoms with Gasteiger partial charge in [-0.3, -0.25) is 9.80 Å². The lowest BCUT2D eigenvalue weighted by Gasteiger charge is -2.39. The molecule has 130 valence electrons. The SMILES string of the molecule is CCC(CC)N1CCN(Cc2cc(OC)c(O)c(OC)c2)CC1. The zero-order valence-corrected chi connectivity index (χ0v) is 14.8. The summed E-state index contributed by atoms with van der Waals surface area (Å²) in [6.07, 6.45) is 2.45. The van der Waals surface area contributed by atoms with Crippen molar-refractivity contribution in [3.63, 3.8) is 0 Å². The first-order valence-electron chi connectivity index (χ1n) is 8.53. The minimum absolute atomic E-state index is 0.0669. The molecule has 5 heteroatoms. The summed E-state index contributed by atoms with van der Waals surface area (Å²) in [4.78, 5) is 5.05. The molecular weight excluding hydrogens is 292 g/mol. The van der Waals surface area contributed by atoms with Crippen LogP contribution in [-0.4, -0.2) is 61.3 Å². The third-order valence-corrected chi connectivity index (χ3v) is 4.81. The van der Waals surface area contributed by atoms with Crippen molar-refractivity contribution in [2.45, 2.75) is 39.3 Å². The van der Waals surface area contributed by atoms with Crippen LogP contribution in [0.25, 0.3) is 0 Å². The van der Waals surface area contributed by atoms with E-state index < -0.39 is 0 Å². The Balaban J connectivity index is 1.99. The van der Waals surface area contributed by atoms with E-state index in [2.05, 4.69) is 23.6 Å². The third-order valence-electron chi connectivity index (χ3n) is 4.81. The predicted octanol–water partition coefficient (Wildman–Crippen LogP) is 2.72. The minimum atomic E-state index is 0.0669. The molecule has 0 saturated carbocycles. The highest BCUT2D eigenvalue weighted by Gasteiger charge is 2.22. The van der Waals surface area contributed by atoms with Crippen molar-refractivity contribution in [2.75, 3.05) is 40.4 Å². The number of hydrogen-bond acceptors (Lipinski definition) is 5. The third kappa shape index (κ3) is 4.30. The quantitative estimate of drug-likeness (QED) is 0.836. The van der Waals surface area contributed by atoms with E-state index in [9.17, 15) is 5.11 Å². The molecule has 0 spiro atoms. The van der Waals surface area contributed by atoms with Gasteiger partial charge in [0.15, 0.2) is 11.5 Å². The summed E-state index contributed by atoms with van der Waals surface area (Å²) in [5, 5.41) is 10.00. The molecule has 0 aliphatic carbocycles. The van der Waals surface area contributed by atoms with Crippen molar-refractivity contribution in [2.24, 2.45) is 0 Å². The van der Waals surface area contributed by atoms with Gasteiger partial charge in [-0.25, -0.2) is 0 Å². The molecule has 2 rings (SSSR count). The highest BCUT2D eigenvalue weighted by atomic mass is 16.5. The van der Waals surface area contributed by atoms with E-state index in [-0.39, 0.29) is 5.75 Å². The molecule has 0 bridgehead atoms. The fraction of sp³-hybridized carbons (Fsp3) is 0.667. The molecule has 23 heavy (non-hydrogen) atoms. The molecule has 1 aliphatic rings. The van der Waals surface area contributed by atoms with Crippen molar-refractivity contribution < 1.29 is 14.6 Å². The van der Waals surface area contributed by atoms with E-state index in [0.29, 0.717) is 17.5 Å². The van der Waals surface area contributed by atoms with Gasteiger partial charge < -0.3 is 14.6 Å². The van der Waals surface area contributed by atoms with E-state index >= 15 is 0 Å². The zero-order chi connectivity index (χ0) is 16.8. The monoisotopic (exact) mass is 322 g/mol. The lowest BCUT2D eigenvalue weighted by atomic mass is 10.1. The van der Waals surface area contributed by atoms with Crippen LogP contribution in [0.3, 0.4) is 0 Å². The maximum Gasteiger partial charge on any atom is 0.200 e. The molecular formula is C18H30N2O3. The molecule has 0 atom stereocenters. The maximum absolute atomic E-state index is 10.00. The number of rotatable bonds is 7. The second-order valence-corrected chi connectivity index (χ2v) is 6.13. The number of piperazine rings is 1. The predicted molar refractivity (Wildman–Crippen MR) is 92.4 cm³/mol. The number of benzene rings is 1. The van der Waals surface area contributed by atoms with Gasteiger partial charge in [0.25, 0.3) is 0 Å². The first kappa shape index (κ1) is 17.9. The Hall–Kier alpha value is -1.46. The van der Waals surface area contributed by atoms with Crippen LogP contribution >= 0.6 is 0 Å². The van der Waals surface area contributed by atoms with Crippen molar-refractivity contribution in [3.05, 3.63) is 17.7 Å². The van der Waals surface area contributed by atoms with Crippen molar-refractivity contribution in [3.8, 4) is 17.2 Å². The van der Waals surface area contributed by atoms with Gasteiger partial charge in [-0.05, 0) is 30.5 Å². The van der Waals surface area contributed by atoms with E-state index in [1.54, 1.807) is 14.2 Å². The fourth-order valence-electron chi connectivity index (χ4n) is 3.39. The zero-order valence-electron chi connectivity index (χ0n) is 14.8. The van der Waals surface area contributed by atoms with Gasteiger partial charge in [-0.1, -0.05) is 13.8 Å². The second kappa shape index (κ2) is 8.41. The van der Waals surface area contributed by atoms with Crippen LogP contribution < -0.4 is 9.47 Å². The molecule has 0 radical (unpaired) electrons. The van der Waals surface area contributed by atoms with Crippen molar-refractivity contribution in [1.82, 2.24) is 9.80 Å². The number of phenols is 1. The molecule has 1 aliphatic heterocycles. The van der Waals surface area contributed by atoms with Gasteiger partial charge >= 0.3 is 0 Å². The fourth-order valence-corrected chi connectivity index (χ4v) is 3.39. The number of methoxy groups -OCH3 is 2. The van der Waals surface area contributed by atoms with Gasteiger partial charge in [0.05, 0.1) is 14.2 Å². The van der Waals surface area contributed by atoms with Crippen LogP contribution in [0.5, 0.6) is 17.2 Å². The largest absolute Gasteiger partial charge is 0.502 e. The Morgan fingerprint density at radius 3 is 1.96 bits per heavy atom. The standard InChI is InChI=1S/C18H30N2O3/c1-5-15(6-2)20-9-7-19(8-10-20)13-14-11-16(22-3)18(21)17(12-14)23-4/h11-12,15,21H,5-10,13H2,1-4H3. The van der Waals surface area contributed by atoms with Gasteiger partial charge in [0.1, 0.15) is 0 Å². The first-order chi connectivity index (χ1) is 11.1. The number of aromatic hydroxyl groups is 1. The Labute approximate surface area is 139 Å². The molecule has 0 unspecified atom stereocenters. The lowest BCUT2D eigenvalue weighted by Crippen LogP contribution is -2.49. The smallest absolute Gasteiger partial charge is 0.200 e. The summed E-state index contributed by atoms with van der Waals surface area (Å²) in [5.74, 6) is 1.00. The van der Waals surface area contributed by atoms with Gasteiger partial charge in [-0.2, -0.15) is 0 Å². The Morgan fingerprint density at radius 1 is 1.00 bits per heavy atom. The lowest BCUT2D eigenvalue weighted by molar-refractivity contribution is 0.0880. The van der Waals surface area contributed by atoms with Crippen LogP contribution in [0.15, 0.2) is 12.1 Å². The topological polar surface area (TPSA) is 45.2 Å². The Morgan fingerprint density at radius 2 is 1.52 bits per heavy atom. The Bertz CT molecular complexity index is 470. The van der Waals surface area contributed by atoms with Crippen LogP contribution in [0.2, 0.25) is 0 Å². The van der Waals surface area contributed by atoms with E-state index in [1.165, 1.54) is 12.8 Å².